The third-order valence-electron chi connectivity index (χ3n) is 1.48. The third kappa shape index (κ3) is 2.36. The molecule has 0 saturated carbocycles. The molecule has 1 aromatic carbocycles. The Morgan fingerprint density at radius 1 is 1.45 bits per heavy atom. The van der Waals surface area contributed by atoms with Crippen LogP contribution in [0.1, 0.15) is 12.5 Å². The van der Waals surface area contributed by atoms with Crippen molar-refractivity contribution in [2.45, 2.75) is 13.3 Å². The molecule has 0 amide bonds. The van der Waals surface area contributed by atoms with Crippen LogP contribution in [0.2, 0.25) is 5.02 Å². The molecule has 0 heterocycles. The van der Waals surface area contributed by atoms with E-state index in [-0.39, 0.29) is 0 Å². The Labute approximate surface area is 74.0 Å². The molecule has 1 nitrogen and oxygen atoms in total. The highest BCUT2D eigenvalue weighted by atomic mass is 35.5. The van der Waals surface area contributed by atoms with E-state index in [4.69, 9.17) is 16.1 Å². The van der Waals surface area contributed by atoms with Crippen molar-refractivity contribution in [2.75, 3.05) is 0 Å². The van der Waals surface area contributed by atoms with Gasteiger partial charge >= 0.3 is 0 Å². The fraction of sp³-hybridized carbons (Fsp3) is 0.250. The fourth-order valence-corrected chi connectivity index (χ4v) is 1.28. The molecular weight excluding hydrogens is 179 g/mol. The van der Waals surface area contributed by atoms with Gasteiger partial charge in [0.2, 0.25) is 0 Å². The molecule has 3 heteroatoms. The Hall–Kier alpha value is -0.260. The summed E-state index contributed by atoms with van der Waals surface area (Å²) >= 11 is 5.82. The van der Waals surface area contributed by atoms with Gasteiger partial charge in [-0.3, -0.25) is 0 Å². The van der Waals surface area contributed by atoms with Gasteiger partial charge in [-0.15, -0.1) is 0 Å². The third-order valence-corrected chi connectivity index (χ3v) is 1.97. The van der Waals surface area contributed by atoms with Crippen molar-refractivity contribution < 1.29 is 4.52 Å². The predicted molar refractivity (Wildman–Crippen MR) is 51.2 cm³/mol. The van der Waals surface area contributed by atoms with Crippen LogP contribution in [0.5, 0.6) is 5.75 Å². The Morgan fingerprint density at radius 2 is 2.18 bits per heavy atom. The minimum Gasteiger partial charge on any atom is -0.480 e. The lowest BCUT2D eigenvalue weighted by molar-refractivity contribution is 0.645. The van der Waals surface area contributed by atoms with Crippen molar-refractivity contribution in [1.29, 1.82) is 0 Å². The first-order chi connectivity index (χ1) is 5.26. The summed E-state index contributed by atoms with van der Waals surface area (Å²) in [5, 5.41) is 0.724. The first kappa shape index (κ1) is 8.83. The van der Waals surface area contributed by atoms with Crippen molar-refractivity contribution >= 4 is 21.1 Å². The quantitative estimate of drug-likeness (QED) is 0.649. The average Bonchev–Trinajstić information content (AvgIpc) is 2.03. The van der Waals surface area contributed by atoms with Gasteiger partial charge in [0.25, 0.3) is 0 Å². The topological polar surface area (TPSA) is 9.23 Å². The zero-order valence-electron chi connectivity index (χ0n) is 6.30. The van der Waals surface area contributed by atoms with Crippen molar-refractivity contribution in [2.24, 2.45) is 0 Å². The van der Waals surface area contributed by atoms with Crippen LogP contribution in [0.25, 0.3) is 0 Å². The second-order valence-corrected chi connectivity index (χ2v) is 2.94. The summed E-state index contributed by atoms with van der Waals surface area (Å²) < 4.78 is 4.97. The molecule has 0 aliphatic carbocycles. The predicted octanol–water partition coefficient (Wildman–Crippen LogP) is 3.07. The molecule has 1 atom stereocenters. The van der Waals surface area contributed by atoms with E-state index < -0.39 is 0 Å². The minimum absolute atomic E-state index is 0.724. The van der Waals surface area contributed by atoms with Gasteiger partial charge in [-0.1, -0.05) is 18.5 Å². The van der Waals surface area contributed by atoms with Crippen molar-refractivity contribution in [3.05, 3.63) is 28.8 Å². The summed E-state index contributed by atoms with van der Waals surface area (Å²) in [6.07, 6.45) is 0.974. The first-order valence-electron chi connectivity index (χ1n) is 3.42. The lowest BCUT2D eigenvalue weighted by Gasteiger charge is -2.02. The number of halogens is 1. The molecule has 0 bridgehead atoms. The monoisotopic (exact) mass is 188 g/mol. The fourth-order valence-electron chi connectivity index (χ4n) is 0.893. The van der Waals surface area contributed by atoms with Gasteiger partial charge in [0.05, 0.1) is 9.47 Å². The Kier molecular flexibility index (Phi) is 3.16. The second kappa shape index (κ2) is 3.94. The maximum Gasteiger partial charge on any atom is 0.124 e. The molecule has 0 saturated heterocycles. The Morgan fingerprint density at radius 3 is 2.73 bits per heavy atom. The molecule has 60 valence electrons. The molecule has 1 unspecified atom stereocenters. The molecule has 0 aliphatic heterocycles. The van der Waals surface area contributed by atoms with Gasteiger partial charge in [0, 0.05) is 5.02 Å². The van der Waals surface area contributed by atoms with Crippen LogP contribution < -0.4 is 4.52 Å². The first-order valence-corrected chi connectivity index (χ1v) is 4.27. The molecule has 1 rings (SSSR count). The van der Waals surface area contributed by atoms with E-state index in [9.17, 15) is 0 Å². The van der Waals surface area contributed by atoms with E-state index in [0.29, 0.717) is 0 Å². The summed E-state index contributed by atoms with van der Waals surface area (Å²) in [7, 11) is 2.20. The van der Waals surface area contributed by atoms with E-state index in [1.165, 1.54) is 5.56 Å². The van der Waals surface area contributed by atoms with Crippen LogP contribution in [0.15, 0.2) is 18.2 Å². The van der Waals surface area contributed by atoms with Crippen LogP contribution in [0.3, 0.4) is 0 Å². The average molecular weight is 189 g/mol. The highest BCUT2D eigenvalue weighted by Crippen LogP contribution is 2.22. The lowest BCUT2D eigenvalue weighted by atomic mass is 10.2. The number of benzene rings is 1. The van der Waals surface area contributed by atoms with E-state index in [0.717, 1.165) is 17.2 Å². The van der Waals surface area contributed by atoms with Crippen LogP contribution in [0, 0.1) is 0 Å². The van der Waals surface area contributed by atoms with E-state index >= 15 is 0 Å². The SMILES string of the molecule is CCc1cc(Cl)cc(OP)c1. The normalized spacial score (nSPS) is 9.73. The Bertz CT molecular complexity index is 228. The van der Waals surface area contributed by atoms with Gasteiger partial charge in [-0.05, 0) is 30.2 Å². The van der Waals surface area contributed by atoms with E-state index in [1.807, 2.05) is 12.1 Å². The van der Waals surface area contributed by atoms with Crippen molar-refractivity contribution in [1.82, 2.24) is 0 Å². The molecule has 0 aliphatic rings. The smallest absolute Gasteiger partial charge is 0.124 e. The molecule has 0 fully saturated rings. The van der Waals surface area contributed by atoms with Crippen molar-refractivity contribution in [3.63, 3.8) is 0 Å². The highest BCUT2D eigenvalue weighted by molar-refractivity contribution is 7.10. The highest BCUT2D eigenvalue weighted by Gasteiger charge is 1.96. The zero-order chi connectivity index (χ0) is 8.27. The number of rotatable bonds is 2. The van der Waals surface area contributed by atoms with E-state index in [1.54, 1.807) is 6.07 Å². The largest absolute Gasteiger partial charge is 0.480 e. The summed E-state index contributed by atoms with van der Waals surface area (Å²) in [6, 6.07) is 5.70. The standard InChI is InChI=1S/C8H10ClOP/c1-2-6-3-7(9)5-8(4-6)10-11/h3-5H,2,11H2,1H3. The Balaban J connectivity index is 3.02. The van der Waals surface area contributed by atoms with Crippen LogP contribution in [0.4, 0.5) is 0 Å². The summed E-state index contributed by atoms with van der Waals surface area (Å²) in [5.74, 6) is 0.791. The number of hydrogen-bond donors (Lipinski definition) is 0. The van der Waals surface area contributed by atoms with Gasteiger partial charge in [0.1, 0.15) is 5.75 Å². The summed E-state index contributed by atoms with van der Waals surface area (Å²) in [5.41, 5.74) is 1.19. The molecular formula is C8H10ClOP. The lowest BCUT2D eigenvalue weighted by Crippen LogP contribution is -1.81. The van der Waals surface area contributed by atoms with Gasteiger partial charge < -0.3 is 4.52 Å². The molecule has 0 radical (unpaired) electrons. The minimum atomic E-state index is 0.724. The van der Waals surface area contributed by atoms with Crippen LogP contribution in [-0.4, -0.2) is 0 Å². The maximum atomic E-state index is 5.82. The second-order valence-electron chi connectivity index (χ2n) is 2.27. The molecule has 0 aromatic heterocycles. The molecule has 11 heavy (non-hydrogen) atoms. The number of aryl methyl sites for hydroxylation is 1. The molecule has 0 spiro atoms. The number of hydrogen-bond acceptors (Lipinski definition) is 1. The van der Waals surface area contributed by atoms with Gasteiger partial charge in [-0.2, -0.15) is 0 Å². The molecule has 0 N–H and O–H groups in total. The van der Waals surface area contributed by atoms with Crippen LogP contribution in [-0.2, 0) is 6.42 Å². The summed E-state index contributed by atoms with van der Waals surface area (Å²) in [4.78, 5) is 0. The van der Waals surface area contributed by atoms with Gasteiger partial charge in [0.15, 0.2) is 0 Å². The molecule has 1 aromatic rings. The maximum absolute atomic E-state index is 5.82. The van der Waals surface area contributed by atoms with E-state index in [2.05, 4.69) is 16.4 Å². The van der Waals surface area contributed by atoms with Crippen LogP contribution >= 0.6 is 21.1 Å². The van der Waals surface area contributed by atoms with Gasteiger partial charge in [-0.25, -0.2) is 0 Å². The summed E-state index contributed by atoms with van der Waals surface area (Å²) in [6.45, 7) is 2.08. The van der Waals surface area contributed by atoms with Crippen molar-refractivity contribution in [3.8, 4) is 5.75 Å². The zero-order valence-corrected chi connectivity index (χ0v) is 8.21.